The number of hydrogen-bond acceptors (Lipinski definition) is 3. The Labute approximate surface area is 134 Å². The quantitative estimate of drug-likeness (QED) is 0.905. The zero-order chi connectivity index (χ0) is 14.7. The number of nitrogens with zero attached hydrogens (tertiary/aromatic N) is 1. The Morgan fingerprint density at radius 1 is 1.19 bits per heavy atom. The molecular weight excluding hydrogens is 328 g/mol. The van der Waals surface area contributed by atoms with Gasteiger partial charge in [-0.2, -0.15) is 0 Å². The molecule has 1 aliphatic rings. The number of benzene rings is 2. The summed E-state index contributed by atoms with van der Waals surface area (Å²) < 4.78 is 6.95. The summed E-state index contributed by atoms with van der Waals surface area (Å²) in [5.41, 5.74) is 3.59. The van der Waals surface area contributed by atoms with Gasteiger partial charge in [-0.15, -0.1) is 0 Å². The van der Waals surface area contributed by atoms with Crippen LogP contribution in [0.15, 0.2) is 46.9 Å². The Balaban J connectivity index is 2.00. The van der Waals surface area contributed by atoms with E-state index in [1.165, 1.54) is 11.3 Å². The van der Waals surface area contributed by atoms with Gasteiger partial charge >= 0.3 is 0 Å². The number of fused-ring (bicyclic) bond motifs is 1. The van der Waals surface area contributed by atoms with Gasteiger partial charge in [0.1, 0.15) is 5.75 Å². The van der Waals surface area contributed by atoms with Gasteiger partial charge in [-0.05, 0) is 59.2 Å². The third-order valence-corrected chi connectivity index (χ3v) is 4.26. The van der Waals surface area contributed by atoms with Crippen LogP contribution in [0.1, 0.15) is 12.0 Å². The molecule has 0 radical (unpaired) electrons. The van der Waals surface area contributed by atoms with Gasteiger partial charge in [0.05, 0.1) is 18.0 Å². The maximum absolute atomic E-state index is 5.84. The third kappa shape index (κ3) is 3.06. The molecule has 4 heteroatoms. The molecule has 0 aliphatic carbocycles. The van der Waals surface area contributed by atoms with E-state index in [9.17, 15) is 0 Å². The molecule has 0 amide bonds. The second-order valence-corrected chi connectivity index (χ2v) is 5.99. The lowest BCUT2D eigenvalue weighted by Gasteiger charge is -2.25. The Hall–Kier alpha value is -1.52. The average molecular weight is 347 g/mol. The van der Waals surface area contributed by atoms with Crippen LogP contribution in [0, 0.1) is 0 Å². The monoisotopic (exact) mass is 346 g/mol. The summed E-state index contributed by atoms with van der Waals surface area (Å²) in [6.45, 7) is 2.60. The molecule has 0 spiro atoms. The molecule has 1 heterocycles. The molecule has 21 heavy (non-hydrogen) atoms. The lowest BCUT2D eigenvalue weighted by Crippen LogP contribution is -2.18. The summed E-state index contributed by atoms with van der Waals surface area (Å²) >= 11 is 3.72. The largest absolute Gasteiger partial charge is 0.491 e. The molecule has 0 aromatic heterocycles. The molecule has 0 saturated carbocycles. The molecular formula is C17H19BrN2O. The number of hydrogen-bond donors (Lipinski definition) is 1. The molecule has 110 valence electrons. The lowest BCUT2D eigenvalue weighted by atomic mass is 10.1. The summed E-state index contributed by atoms with van der Waals surface area (Å²) in [6.07, 6.45) is 1.01. The van der Waals surface area contributed by atoms with E-state index in [1.807, 2.05) is 19.2 Å². The molecule has 3 nitrogen and oxygen atoms in total. The van der Waals surface area contributed by atoms with Crippen molar-refractivity contribution in [1.82, 2.24) is 5.32 Å². The summed E-state index contributed by atoms with van der Waals surface area (Å²) in [5.74, 6) is 0.959. The van der Waals surface area contributed by atoms with Gasteiger partial charge in [-0.1, -0.05) is 18.2 Å². The van der Waals surface area contributed by atoms with Crippen molar-refractivity contribution in [2.45, 2.75) is 13.0 Å². The Bertz CT molecular complexity index is 630. The molecule has 2 aromatic rings. The van der Waals surface area contributed by atoms with E-state index >= 15 is 0 Å². The molecule has 0 saturated heterocycles. The Kier molecular flexibility index (Phi) is 4.46. The topological polar surface area (TPSA) is 24.5 Å². The standard InChI is InChI=1S/C17H19BrN2O/c1-19-12-13-7-8-15(14(18)11-13)20-9-4-10-21-17-6-3-2-5-16(17)20/h2-3,5-8,11,19H,4,9-10,12H2,1H3. The molecule has 0 fully saturated rings. The van der Waals surface area contributed by atoms with Crippen LogP contribution in [-0.4, -0.2) is 20.2 Å². The van der Waals surface area contributed by atoms with Gasteiger partial charge in [-0.25, -0.2) is 0 Å². The predicted octanol–water partition coefficient (Wildman–Crippen LogP) is 4.09. The Morgan fingerprint density at radius 2 is 2.05 bits per heavy atom. The van der Waals surface area contributed by atoms with Crippen molar-refractivity contribution in [3.63, 3.8) is 0 Å². The van der Waals surface area contributed by atoms with Crippen LogP contribution in [0.5, 0.6) is 5.75 Å². The van der Waals surface area contributed by atoms with Crippen molar-refractivity contribution < 1.29 is 4.74 Å². The van der Waals surface area contributed by atoms with Gasteiger partial charge in [0.2, 0.25) is 0 Å². The average Bonchev–Trinajstić information content (AvgIpc) is 2.70. The highest BCUT2D eigenvalue weighted by molar-refractivity contribution is 9.10. The number of para-hydroxylation sites is 2. The van der Waals surface area contributed by atoms with Crippen LogP contribution in [0.3, 0.4) is 0 Å². The second kappa shape index (κ2) is 6.50. The highest BCUT2D eigenvalue weighted by Gasteiger charge is 2.19. The van der Waals surface area contributed by atoms with Crippen LogP contribution in [0.4, 0.5) is 11.4 Å². The van der Waals surface area contributed by atoms with Crippen LogP contribution in [0.25, 0.3) is 0 Å². The SMILES string of the molecule is CNCc1ccc(N2CCCOc3ccccc32)c(Br)c1. The molecule has 0 bridgehead atoms. The van der Waals surface area contributed by atoms with E-state index in [0.29, 0.717) is 0 Å². The van der Waals surface area contributed by atoms with Crippen molar-refractivity contribution in [3.05, 3.63) is 52.5 Å². The van der Waals surface area contributed by atoms with E-state index in [-0.39, 0.29) is 0 Å². The highest BCUT2D eigenvalue weighted by Crippen LogP contribution is 2.39. The third-order valence-electron chi connectivity index (χ3n) is 3.62. The predicted molar refractivity (Wildman–Crippen MR) is 90.5 cm³/mol. The molecule has 1 N–H and O–H groups in total. The first-order valence-electron chi connectivity index (χ1n) is 7.22. The van der Waals surface area contributed by atoms with E-state index in [4.69, 9.17) is 4.74 Å². The molecule has 2 aromatic carbocycles. The van der Waals surface area contributed by atoms with Crippen molar-refractivity contribution in [2.75, 3.05) is 25.1 Å². The van der Waals surface area contributed by atoms with Crippen LogP contribution in [-0.2, 0) is 6.54 Å². The fraction of sp³-hybridized carbons (Fsp3) is 0.294. The van der Waals surface area contributed by atoms with Gasteiger partial charge in [-0.3, -0.25) is 0 Å². The smallest absolute Gasteiger partial charge is 0.142 e. The Morgan fingerprint density at radius 3 is 2.86 bits per heavy atom. The number of anilines is 2. The maximum Gasteiger partial charge on any atom is 0.142 e. The first-order valence-corrected chi connectivity index (χ1v) is 8.01. The zero-order valence-electron chi connectivity index (χ0n) is 12.1. The summed E-state index contributed by atoms with van der Waals surface area (Å²) in [5, 5.41) is 3.18. The second-order valence-electron chi connectivity index (χ2n) is 5.14. The van der Waals surface area contributed by atoms with E-state index in [1.54, 1.807) is 0 Å². The molecule has 3 rings (SSSR count). The van der Waals surface area contributed by atoms with Crippen molar-refractivity contribution in [3.8, 4) is 5.75 Å². The van der Waals surface area contributed by atoms with Gasteiger partial charge in [0, 0.05) is 17.6 Å². The molecule has 0 unspecified atom stereocenters. The van der Waals surface area contributed by atoms with Crippen LogP contribution in [0.2, 0.25) is 0 Å². The van der Waals surface area contributed by atoms with E-state index in [0.717, 1.165) is 42.0 Å². The first-order chi connectivity index (χ1) is 10.3. The first kappa shape index (κ1) is 14.4. The maximum atomic E-state index is 5.84. The summed E-state index contributed by atoms with van der Waals surface area (Å²) in [6, 6.07) is 14.8. The highest BCUT2D eigenvalue weighted by atomic mass is 79.9. The van der Waals surface area contributed by atoms with Gasteiger partial charge < -0.3 is 15.0 Å². The van der Waals surface area contributed by atoms with Gasteiger partial charge in [0.15, 0.2) is 0 Å². The minimum atomic E-state index is 0.767. The van der Waals surface area contributed by atoms with Gasteiger partial charge in [0.25, 0.3) is 0 Å². The minimum absolute atomic E-state index is 0.767. The van der Waals surface area contributed by atoms with Crippen molar-refractivity contribution in [1.29, 1.82) is 0 Å². The summed E-state index contributed by atoms with van der Waals surface area (Å²) in [7, 11) is 1.96. The van der Waals surface area contributed by atoms with Crippen LogP contribution < -0.4 is 15.0 Å². The van der Waals surface area contributed by atoms with Crippen LogP contribution >= 0.6 is 15.9 Å². The van der Waals surface area contributed by atoms with E-state index < -0.39 is 0 Å². The number of ether oxygens (including phenoxy) is 1. The summed E-state index contributed by atoms with van der Waals surface area (Å²) in [4.78, 5) is 2.33. The fourth-order valence-electron chi connectivity index (χ4n) is 2.66. The van der Waals surface area contributed by atoms with Crippen molar-refractivity contribution in [2.24, 2.45) is 0 Å². The number of halogens is 1. The number of rotatable bonds is 3. The zero-order valence-corrected chi connectivity index (χ0v) is 13.7. The van der Waals surface area contributed by atoms with Crippen molar-refractivity contribution >= 4 is 27.3 Å². The molecule has 0 atom stereocenters. The van der Waals surface area contributed by atoms with E-state index in [2.05, 4.69) is 56.5 Å². The fourth-order valence-corrected chi connectivity index (χ4v) is 3.30. The lowest BCUT2D eigenvalue weighted by molar-refractivity contribution is 0.322. The number of nitrogens with one attached hydrogen (secondary N) is 1. The minimum Gasteiger partial charge on any atom is -0.491 e. The normalized spacial score (nSPS) is 14.3. The molecule has 1 aliphatic heterocycles.